The zero-order valence-corrected chi connectivity index (χ0v) is 15.9. The summed E-state index contributed by atoms with van der Waals surface area (Å²) < 4.78 is 1.30. The van der Waals surface area contributed by atoms with Crippen LogP contribution in [0, 0.1) is 10.8 Å². The van der Waals surface area contributed by atoms with Crippen LogP contribution in [-0.2, 0) is 16.6 Å². The first-order chi connectivity index (χ1) is 13.0. The van der Waals surface area contributed by atoms with Crippen LogP contribution in [0.1, 0.15) is 39.9 Å². The molecule has 1 saturated carbocycles. The van der Waals surface area contributed by atoms with E-state index in [1.165, 1.54) is 27.3 Å². The molecular weight excluding hydrogens is 362 g/mol. The maximum atomic E-state index is 12.9. The van der Waals surface area contributed by atoms with E-state index in [9.17, 15) is 9.59 Å². The summed E-state index contributed by atoms with van der Waals surface area (Å²) >= 11 is 1.56. The molecule has 1 aliphatic carbocycles. The average molecular weight is 383 g/mol. The molecule has 2 amide bonds. The molecule has 2 aliphatic rings. The summed E-state index contributed by atoms with van der Waals surface area (Å²) in [5.41, 5.74) is 1.88. The van der Waals surface area contributed by atoms with Crippen LogP contribution in [0.15, 0.2) is 24.4 Å². The molecule has 3 N–H and O–H groups in total. The van der Waals surface area contributed by atoms with Gasteiger partial charge in [0.1, 0.15) is 12.0 Å². The first kappa shape index (κ1) is 17.7. The standard InChI is InChI=1S/C19H21N5O2S/c1-2-13-7-14-17(27-13)18(26)23(10-19(14)5-6-19)9-16(25)22-12-3-4-15(21)24(8-12)11-20/h3-4,7-8,11,20-21H,2,5-6,9-10H2,1H3,(H,22,25). The van der Waals surface area contributed by atoms with E-state index in [4.69, 9.17) is 10.8 Å². The Morgan fingerprint density at radius 3 is 2.85 bits per heavy atom. The fourth-order valence-corrected chi connectivity index (χ4v) is 4.80. The number of carbonyl (C=O) groups excluding carboxylic acids is 2. The number of anilines is 1. The molecule has 0 radical (unpaired) electrons. The normalized spacial score (nSPS) is 16.9. The Morgan fingerprint density at radius 2 is 2.19 bits per heavy atom. The van der Waals surface area contributed by atoms with Crippen molar-refractivity contribution in [2.75, 3.05) is 18.4 Å². The number of pyridine rings is 1. The Balaban J connectivity index is 1.51. The van der Waals surface area contributed by atoms with Gasteiger partial charge < -0.3 is 10.2 Å². The molecule has 1 aliphatic heterocycles. The van der Waals surface area contributed by atoms with E-state index in [0.29, 0.717) is 12.2 Å². The lowest BCUT2D eigenvalue weighted by Gasteiger charge is -2.32. The van der Waals surface area contributed by atoms with Crippen LogP contribution in [0.5, 0.6) is 0 Å². The van der Waals surface area contributed by atoms with Crippen molar-refractivity contribution in [3.8, 4) is 0 Å². The Kier molecular flexibility index (Phi) is 4.22. The quantitative estimate of drug-likeness (QED) is 0.544. The third-order valence-corrected chi connectivity index (χ3v) is 6.53. The lowest BCUT2D eigenvalue weighted by atomic mass is 9.91. The molecule has 0 unspecified atom stereocenters. The van der Waals surface area contributed by atoms with Crippen molar-refractivity contribution >= 4 is 35.2 Å². The van der Waals surface area contributed by atoms with Gasteiger partial charge in [-0.1, -0.05) is 6.92 Å². The summed E-state index contributed by atoms with van der Waals surface area (Å²) in [5, 5.41) is 17.7. The molecule has 3 heterocycles. The zero-order chi connectivity index (χ0) is 19.2. The molecule has 8 heteroatoms. The number of aromatic nitrogens is 1. The Morgan fingerprint density at radius 1 is 1.41 bits per heavy atom. The van der Waals surface area contributed by atoms with Crippen LogP contribution in [0.4, 0.5) is 5.69 Å². The lowest BCUT2D eigenvalue weighted by Crippen LogP contribution is -2.46. The summed E-state index contributed by atoms with van der Waals surface area (Å²) in [4.78, 5) is 29.1. The number of thiophene rings is 1. The highest BCUT2D eigenvalue weighted by Crippen LogP contribution is 2.54. The van der Waals surface area contributed by atoms with Crippen LogP contribution in [0.25, 0.3) is 0 Å². The lowest BCUT2D eigenvalue weighted by molar-refractivity contribution is -0.117. The molecule has 140 valence electrons. The molecule has 7 nitrogen and oxygen atoms in total. The first-order valence-electron chi connectivity index (χ1n) is 8.95. The van der Waals surface area contributed by atoms with E-state index in [0.717, 1.165) is 30.5 Å². The number of fused-ring (bicyclic) bond motifs is 2. The van der Waals surface area contributed by atoms with Crippen molar-refractivity contribution in [1.82, 2.24) is 9.47 Å². The van der Waals surface area contributed by atoms with Crippen LogP contribution < -0.4 is 10.8 Å². The number of nitrogens with zero attached hydrogens (tertiary/aromatic N) is 2. The predicted octanol–water partition coefficient (Wildman–Crippen LogP) is 2.17. The van der Waals surface area contributed by atoms with Gasteiger partial charge in [0, 0.05) is 23.0 Å². The van der Waals surface area contributed by atoms with Crippen molar-refractivity contribution in [3.05, 3.63) is 45.2 Å². The van der Waals surface area contributed by atoms with Gasteiger partial charge in [0.25, 0.3) is 5.91 Å². The minimum atomic E-state index is -0.274. The molecule has 4 rings (SSSR count). The minimum absolute atomic E-state index is 0.00655. The summed E-state index contributed by atoms with van der Waals surface area (Å²) in [6.45, 7) is 2.69. The van der Waals surface area contributed by atoms with Crippen molar-refractivity contribution in [2.45, 2.75) is 31.6 Å². The van der Waals surface area contributed by atoms with Crippen molar-refractivity contribution < 1.29 is 9.59 Å². The first-order valence-corrected chi connectivity index (χ1v) is 9.77. The second-order valence-corrected chi connectivity index (χ2v) is 8.27. The number of carbonyl (C=O) groups is 2. The van der Waals surface area contributed by atoms with Gasteiger partial charge in [-0.15, -0.1) is 11.3 Å². The van der Waals surface area contributed by atoms with E-state index in [2.05, 4.69) is 18.3 Å². The summed E-state index contributed by atoms with van der Waals surface area (Å²) in [7, 11) is 0. The number of aryl methyl sites for hydroxylation is 1. The third kappa shape index (κ3) is 3.10. The fourth-order valence-electron chi connectivity index (χ4n) is 3.61. The topological polar surface area (TPSA) is 102 Å². The molecule has 0 bridgehead atoms. The molecule has 2 aromatic heterocycles. The Hall–Kier alpha value is -2.74. The summed E-state index contributed by atoms with van der Waals surface area (Å²) in [5.74, 6) is -0.331. The molecular formula is C19H21N5O2S. The van der Waals surface area contributed by atoms with E-state index in [1.54, 1.807) is 22.3 Å². The number of nitrogens with one attached hydrogen (secondary N) is 3. The second kappa shape index (κ2) is 6.45. The Bertz CT molecular complexity index is 1000. The molecule has 27 heavy (non-hydrogen) atoms. The molecule has 1 spiro atoms. The monoisotopic (exact) mass is 383 g/mol. The van der Waals surface area contributed by atoms with Gasteiger partial charge in [0.05, 0.1) is 16.9 Å². The maximum Gasteiger partial charge on any atom is 0.264 e. The highest BCUT2D eigenvalue weighted by molar-refractivity contribution is 7.14. The highest BCUT2D eigenvalue weighted by Gasteiger charge is 2.52. The highest BCUT2D eigenvalue weighted by atomic mass is 32.1. The van der Waals surface area contributed by atoms with Gasteiger partial charge in [0.15, 0.2) is 0 Å². The van der Waals surface area contributed by atoms with Crippen molar-refractivity contribution in [2.24, 2.45) is 0 Å². The largest absolute Gasteiger partial charge is 0.328 e. The number of hydrogen-bond donors (Lipinski definition) is 3. The SMILES string of the molecule is CCc1cc2c(s1)C(=O)N(CC(=O)Nc1ccc(=N)n(C=N)c1)CC21CC1. The summed E-state index contributed by atoms with van der Waals surface area (Å²) in [6, 6.07) is 5.31. The molecule has 2 aromatic rings. The predicted molar refractivity (Wildman–Crippen MR) is 104 cm³/mol. The maximum absolute atomic E-state index is 12.9. The third-order valence-electron chi connectivity index (χ3n) is 5.27. The zero-order valence-electron chi connectivity index (χ0n) is 15.0. The van der Waals surface area contributed by atoms with Crippen LogP contribution in [-0.4, -0.2) is 40.7 Å². The number of rotatable bonds is 5. The molecule has 0 aromatic carbocycles. The van der Waals surface area contributed by atoms with Gasteiger partial charge >= 0.3 is 0 Å². The van der Waals surface area contributed by atoms with E-state index >= 15 is 0 Å². The number of hydrogen-bond acceptors (Lipinski definition) is 5. The van der Waals surface area contributed by atoms with E-state index in [-0.39, 0.29) is 29.3 Å². The Labute approximate surface area is 160 Å². The van der Waals surface area contributed by atoms with Crippen molar-refractivity contribution in [1.29, 1.82) is 10.8 Å². The van der Waals surface area contributed by atoms with Gasteiger partial charge in [-0.3, -0.25) is 25.0 Å². The van der Waals surface area contributed by atoms with Gasteiger partial charge in [-0.25, -0.2) is 0 Å². The smallest absolute Gasteiger partial charge is 0.264 e. The van der Waals surface area contributed by atoms with Gasteiger partial charge in [-0.2, -0.15) is 0 Å². The van der Waals surface area contributed by atoms with Crippen molar-refractivity contribution in [3.63, 3.8) is 0 Å². The summed E-state index contributed by atoms with van der Waals surface area (Å²) in [6.07, 6.45) is 5.57. The van der Waals surface area contributed by atoms with Crippen LogP contribution in [0.2, 0.25) is 0 Å². The average Bonchev–Trinajstić information content (AvgIpc) is 3.27. The fraction of sp³-hybridized carbons (Fsp3) is 0.368. The van der Waals surface area contributed by atoms with Gasteiger partial charge in [0.2, 0.25) is 5.91 Å². The molecule has 1 fully saturated rings. The van der Waals surface area contributed by atoms with Gasteiger partial charge in [-0.05, 0) is 43.0 Å². The van der Waals surface area contributed by atoms with E-state index < -0.39 is 0 Å². The second-order valence-electron chi connectivity index (χ2n) is 7.14. The molecule has 0 atom stereocenters. The molecule has 0 saturated heterocycles. The van der Waals surface area contributed by atoms with Crippen LogP contribution in [0.3, 0.4) is 0 Å². The van der Waals surface area contributed by atoms with E-state index in [1.807, 2.05) is 0 Å². The minimum Gasteiger partial charge on any atom is -0.328 e. The number of amides is 2. The van der Waals surface area contributed by atoms with Crippen LogP contribution >= 0.6 is 11.3 Å².